The summed E-state index contributed by atoms with van der Waals surface area (Å²) in [5.74, 6) is -1.28. The number of nitrogens with one attached hydrogen (secondary N) is 2. The zero-order valence-electron chi connectivity index (χ0n) is 18.1. The van der Waals surface area contributed by atoms with Crippen LogP contribution in [0.3, 0.4) is 0 Å². The van der Waals surface area contributed by atoms with E-state index in [1.807, 2.05) is 26.0 Å². The molecular weight excluding hydrogens is 411 g/mol. The fourth-order valence-electron chi connectivity index (χ4n) is 4.03. The Morgan fingerprint density at radius 3 is 2.62 bits per heavy atom. The molecule has 168 valence electrons. The SMILES string of the molecule is Cc1cc(C)n(-c2cncc(Nc3nc(N[C@@H]4CCCC[C@@H]4N)c(F)cc3C(N)=O)c2)n1. The maximum atomic E-state index is 14.7. The molecule has 1 amide bonds. The minimum absolute atomic E-state index is 0.0301. The average molecular weight is 439 g/mol. The van der Waals surface area contributed by atoms with Crippen LogP contribution in [-0.4, -0.2) is 37.7 Å². The molecule has 32 heavy (non-hydrogen) atoms. The van der Waals surface area contributed by atoms with Gasteiger partial charge in [-0.25, -0.2) is 14.1 Å². The number of carbonyl (C=O) groups excluding carboxylic acids is 1. The number of rotatable bonds is 6. The molecular formula is C22H27FN8O. The van der Waals surface area contributed by atoms with E-state index in [-0.39, 0.29) is 29.3 Å². The molecule has 3 aromatic rings. The second-order valence-corrected chi connectivity index (χ2v) is 8.17. The maximum absolute atomic E-state index is 14.7. The highest BCUT2D eigenvalue weighted by Crippen LogP contribution is 2.27. The first-order valence-corrected chi connectivity index (χ1v) is 10.6. The van der Waals surface area contributed by atoms with Crippen LogP contribution >= 0.6 is 0 Å². The minimum atomic E-state index is -0.789. The summed E-state index contributed by atoms with van der Waals surface area (Å²) in [6.07, 6.45) is 7.03. The van der Waals surface area contributed by atoms with Gasteiger partial charge in [-0.2, -0.15) is 5.10 Å². The first kappa shape index (κ1) is 21.7. The molecule has 9 nitrogen and oxygen atoms in total. The van der Waals surface area contributed by atoms with E-state index < -0.39 is 11.7 Å². The molecule has 0 radical (unpaired) electrons. The first-order chi connectivity index (χ1) is 15.3. The van der Waals surface area contributed by atoms with Crippen LogP contribution < -0.4 is 22.1 Å². The molecule has 2 atom stereocenters. The van der Waals surface area contributed by atoms with Crippen molar-refractivity contribution >= 4 is 23.2 Å². The minimum Gasteiger partial charge on any atom is -0.365 e. The van der Waals surface area contributed by atoms with Crippen molar-refractivity contribution in [2.75, 3.05) is 10.6 Å². The van der Waals surface area contributed by atoms with Gasteiger partial charge in [0.15, 0.2) is 11.6 Å². The van der Waals surface area contributed by atoms with Gasteiger partial charge >= 0.3 is 0 Å². The summed E-state index contributed by atoms with van der Waals surface area (Å²) in [7, 11) is 0. The predicted molar refractivity (Wildman–Crippen MR) is 121 cm³/mol. The number of amides is 1. The Hall–Kier alpha value is -3.53. The van der Waals surface area contributed by atoms with Gasteiger partial charge in [0.1, 0.15) is 5.82 Å². The number of halogens is 1. The molecule has 0 saturated heterocycles. The fraction of sp³-hybridized carbons (Fsp3) is 0.364. The quantitative estimate of drug-likeness (QED) is 0.464. The number of nitrogens with two attached hydrogens (primary N) is 2. The lowest BCUT2D eigenvalue weighted by Gasteiger charge is -2.30. The summed E-state index contributed by atoms with van der Waals surface area (Å²) < 4.78 is 16.5. The number of aryl methyl sites for hydroxylation is 2. The normalized spacial score (nSPS) is 18.4. The molecule has 0 spiro atoms. The molecule has 0 aliphatic heterocycles. The third kappa shape index (κ3) is 4.54. The van der Waals surface area contributed by atoms with Gasteiger partial charge in [0.2, 0.25) is 0 Å². The maximum Gasteiger partial charge on any atom is 0.252 e. The van der Waals surface area contributed by atoms with E-state index in [1.165, 1.54) is 0 Å². The van der Waals surface area contributed by atoms with Crippen LogP contribution in [0.4, 0.5) is 21.7 Å². The van der Waals surface area contributed by atoms with Crippen LogP contribution in [0, 0.1) is 19.7 Å². The summed E-state index contributed by atoms with van der Waals surface area (Å²) in [4.78, 5) is 20.5. The smallest absolute Gasteiger partial charge is 0.252 e. The highest BCUT2D eigenvalue weighted by molar-refractivity contribution is 5.98. The number of pyridine rings is 2. The lowest BCUT2D eigenvalue weighted by atomic mass is 9.91. The number of hydrogen-bond donors (Lipinski definition) is 4. The van der Waals surface area contributed by atoms with Gasteiger partial charge in [0.25, 0.3) is 5.91 Å². The molecule has 4 rings (SSSR count). The van der Waals surface area contributed by atoms with E-state index in [9.17, 15) is 9.18 Å². The lowest BCUT2D eigenvalue weighted by molar-refractivity contribution is 0.100. The summed E-state index contributed by atoms with van der Waals surface area (Å²) in [6, 6.07) is 4.69. The van der Waals surface area contributed by atoms with Crippen molar-refractivity contribution in [1.29, 1.82) is 0 Å². The molecule has 1 fully saturated rings. The Morgan fingerprint density at radius 2 is 1.94 bits per heavy atom. The summed E-state index contributed by atoms with van der Waals surface area (Å²) >= 11 is 0. The van der Waals surface area contributed by atoms with Crippen molar-refractivity contribution in [3.05, 3.63) is 53.4 Å². The van der Waals surface area contributed by atoms with Crippen LogP contribution in [0.1, 0.15) is 47.4 Å². The number of hydrogen-bond acceptors (Lipinski definition) is 7. The van der Waals surface area contributed by atoms with Crippen molar-refractivity contribution in [2.24, 2.45) is 11.5 Å². The monoisotopic (exact) mass is 438 g/mol. The number of carbonyl (C=O) groups is 1. The molecule has 3 heterocycles. The first-order valence-electron chi connectivity index (χ1n) is 10.6. The molecule has 1 aliphatic rings. The van der Waals surface area contributed by atoms with Gasteiger partial charge in [-0.1, -0.05) is 12.8 Å². The number of primary amides is 1. The number of nitrogens with zero attached hydrogens (tertiary/aromatic N) is 4. The van der Waals surface area contributed by atoms with E-state index in [2.05, 4.69) is 25.7 Å². The van der Waals surface area contributed by atoms with E-state index in [1.54, 1.807) is 17.1 Å². The highest BCUT2D eigenvalue weighted by atomic mass is 19.1. The Kier molecular flexibility index (Phi) is 6.04. The molecule has 1 saturated carbocycles. The van der Waals surface area contributed by atoms with Gasteiger partial charge < -0.3 is 22.1 Å². The second-order valence-electron chi connectivity index (χ2n) is 8.17. The van der Waals surface area contributed by atoms with Gasteiger partial charge in [-0.05, 0) is 44.9 Å². The van der Waals surface area contributed by atoms with Crippen LogP contribution in [-0.2, 0) is 0 Å². The predicted octanol–water partition coefficient (Wildman–Crippen LogP) is 2.94. The summed E-state index contributed by atoms with van der Waals surface area (Å²) in [5, 5.41) is 10.6. The van der Waals surface area contributed by atoms with Gasteiger partial charge in [0, 0.05) is 17.8 Å². The van der Waals surface area contributed by atoms with Crippen molar-refractivity contribution in [3.8, 4) is 5.69 Å². The van der Waals surface area contributed by atoms with Gasteiger partial charge in [0.05, 0.1) is 35.0 Å². The Bertz CT molecular complexity index is 1140. The Labute approximate surface area is 185 Å². The zero-order chi connectivity index (χ0) is 22.8. The molecule has 6 N–H and O–H groups in total. The average Bonchev–Trinajstić information content (AvgIpc) is 3.10. The van der Waals surface area contributed by atoms with Crippen LogP contribution in [0.15, 0.2) is 30.6 Å². The Morgan fingerprint density at radius 1 is 1.16 bits per heavy atom. The molecule has 3 aromatic heterocycles. The molecule has 0 aromatic carbocycles. The van der Waals surface area contributed by atoms with Crippen molar-refractivity contribution in [3.63, 3.8) is 0 Å². The highest BCUT2D eigenvalue weighted by Gasteiger charge is 2.24. The number of aromatic nitrogens is 4. The largest absolute Gasteiger partial charge is 0.365 e. The van der Waals surface area contributed by atoms with Crippen molar-refractivity contribution in [2.45, 2.75) is 51.6 Å². The van der Waals surface area contributed by atoms with Crippen LogP contribution in [0.25, 0.3) is 5.69 Å². The summed E-state index contributed by atoms with van der Waals surface area (Å²) in [5.41, 5.74) is 14.7. The zero-order valence-corrected chi connectivity index (χ0v) is 18.1. The molecule has 0 bridgehead atoms. The topological polar surface area (TPSA) is 137 Å². The Balaban J connectivity index is 1.66. The third-order valence-electron chi connectivity index (χ3n) is 5.62. The van der Waals surface area contributed by atoms with E-state index in [4.69, 9.17) is 11.5 Å². The van der Waals surface area contributed by atoms with Crippen molar-refractivity contribution in [1.82, 2.24) is 19.7 Å². The van der Waals surface area contributed by atoms with E-state index in [0.29, 0.717) is 5.69 Å². The molecule has 0 unspecified atom stereocenters. The lowest BCUT2D eigenvalue weighted by Crippen LogP contribution is -2.43. The van der Waals surface area contributed by atoms with Crippen LogP contribution in [0.2, 0.25) is 0 Å². The van der Waals surface area contributed by atoms with Crippen molar-refractivity contribution < 1.29 is 9.18 Å². The van der Waals surface area contributed by atoms with Crippen LogP contribution in [0.5, 0.6) is 0 Å². The van der Waals surface area contributed by atoms with Gasteiger partial charge in [-0.3, -0.25) is 9.78 Å². The molecule has 1 aliphatic carbocycles. The standard InChI is InChI=1S/C22H27FN8O/c1-12-7-13(2)31(30-12)15-8-14(10-26-11-15)27-21-16(20(25)32)9-17(23)22(29-21)28-19-6-4-3-5-18(19)24/h7-11,18-19H,3-6,24H2,1-2H3,(H2,25,32)(H2,27,28,29)/t18-,19+/m0/s1. The van der Waals surface area contributed by atoms with Gasteiger partial charge in [-0.15, -0.1) is 0 Å². The third-order valence-corrected chi connectivity index (χ3v) is 5.62. The second kappa shape index (κ2) is 8.91. The molecule has 10 heteroatoms. The fourth-order valence-corrected chi connectivity index (χ4v) is 4.03. The van der Waals surface area contributed by atoms with E-state index in [0.717, 1.165) is 48.8 Å². The van der Waals surface area contributed by atoms with E-state index >= 15 is 0 Å². The number of anilines is 3. The summed E-state index contributed by atoms with van der Waals surface area (Å²) in [6.45, 7) is 3.86.